The van der Waals surface area contributed by atoms with Crippen LogP contribution in [0.4, 0.5) is 0 Å². The molecule has 0 bridgehead atoms. The summed E-state index contributed by atoms with van der Waals surface area (Å²) < 4.78 is 0. The summed E-state index contributed by atoms with van der Waals surface area (Å²) in [5.74, 6) is 0.659. The van der Waals surface area contributed by atoms with Crippen LogP contribution < -0.4 is 0 Å². The summed E-state index contributed by atoms with van der Waals surface area (Å²) in [4.78, 5) is 14.4. The lowest BCUT2D eigenvalue weighted by atomic mass is 10.0. The molecular formula is C17H19NO2. The molecule has 0 aromatic heterocycles. The second kappa shape index (κ2) is 5.16. The summed E-state index contributed by atoms with van der Waals surface area (Å²) in [6, 6.07) is 11.2. The molecule has 0 spiro atoms. The highest BCUT2D eigenvalue weighted by Gasteiger charge is 2.27. The van der Waals surface area contributed by atoms with Crippen molar-refractivity contribution in [2.24, 2.45) is 5.92 Å². The van der Waals surface area contributed by atoms with Gasteiger partial charge < -0.3 is 10.0 Å². The molecule has 1 fully saturated rings. The van der Waals surface area contributed by atoms with Crippen LogP contribution in [0.5, 0.6) is 5.75 Å². The number of amides is 1. The highest BCUT2D eigenvalue weighted by Crippen LogP contribution is 2.31. The van der Waals surface area contributed by atoms with Gasteiger partial charge in [0.1, 0.15) is 5.75 Å². The van der Waals surface area contributed by atoms with Crippen LogP contribution in [-0.4, -0.2) is 29.0 Å². The van der Waals surface area contributed by atoms with Crippen molar-refractivity contribution in [2.45, 2.75) is 19.8 Å². The molecule has 1 saturated carbocycles. The van der Waals surface area contributed by atoms with Crippen LogP contribution in [0.15, 0.2) is 36.4 Å². The first-order valence-electron chi connectivity index (χ1n) is 7.20. The van der Waals surface area contributed by atoms with E-state index in [9.17, 15) is 9.90 Å². The number of carbonyl (C=O) groups excluding carboxylic acids is 1. The fourth-order valence-corrected chi connectivity index (χ4v) is 2.54. The number of aromatic hydroxyl groups is 1. The zero-order valence-corrected chi connectivity index (χ0v) is 11.7. The minimum atomic E-state index is -0.0670. The number of fused-ring (bicyclic) bond motifs is 1. The Morgan fingerprint density at radius 1 is 1.25 bits per heavy atom. The second-order valence-corrected chi connectivity index (χ2v) is 5.50. The molecule has 3 nitrogen and oxygen atoms in total. The molecule has 0 aliphatic heterocycles. The minimum Gasteiger partial charge on any atom is -0.507 e. The molecule has 1 N–H and O–H groups in total. The molecule has 104 valence electrons. The third-order valence-corrected chi connectivity index (χ3v) is 3.94. The molecule has 1 aliphatic carbocycles. The van der Waals surface area contributed by atoms with Gasteiger partial charge in [-0.3, -0.25) is 4.79 Å². The van der Waals surface area contributed by atoms with E-state index in [1.165, 1.54) is 12.8 Å². The monoisotopic (exact) mass is 269 g/mol. The number of benzene rings is 2. The van der Waals surface area contributed by atoms with Crippen molar-refractivity contribution in [3.63, 3.8) is 0 Å². The minimum absolute atomic E-state index is 0.0670. The van der Waals surface area contributed by atoms with Gasteiger partial charge in [0.15, 0.2) is 0 Å². The van der Waals surface area contributed by atoms with Gasteiger partial charge in [0.25, 0.3) is 5.91 Å². The van der Waals surface area contributed by atoms with Crippen LogP contribution in [0.1, 0.15) is 30.1 Å². The van der Waals surface area contributed by atoms with E-state index in [4.69, 9.17) is 0 Å². The maximum atomic E-state index is 12.6. The number of hydrogen-bond donors (Lipinski definition) is 1. The first-order valence-corrected chi connectivity index (χ1v) is 7.20. The topological polar surface area (TPSA) is 40.5 Å². The van der Waals surface area contributed by atoms with Crippen molar-refractivity contribution in [1.82, 2.24) is 4.90 Å². The maximum Gasteiger partial charge on any atom is 0.257 e. The Morgan fingerprint density at radius 2 is 1.90 bits per heavy atom. The van der Waals surface area contributed by atoms with Crippen LogP contribution in [0.3, 0.4) is 0 Å². The predicted molar refractivity (Wildman–Crippen MR) is 79.9 cm³/mol. The molecule has 2 aromatic rings. The van der Waals surface area contributed by atoms with Crippen molar-refractivity contribution >= 4 is 16.7 Å². The van der Waals surface area contributed by atoms with Gasteiger partial charge >= 0.3 is 0 Å². The fraction of sp³-hybridized carbons (Fsp3) is 0.353. The SMILES string of the molecule is CCN(CC1CC1)C(=O)c1cc2ccccc2cc1O. The highest BCUT2D eigenvalue weighted by molar-refractivity contribution is 6.01. The van der Waals surface area contributed by atoms with Crippen LogP contribution in [0.25, 0.3) is 10.8 Å². The van der Waals surface area contributed by atoms with Gasteiger partial charge in [0, 0.05) is 13.1 Å². The van der Waals surface area contributed by atoms with E-state index in [1.807, 2.05) is 36.1 Å². The Balaban J connectivity index is 1.94. The van der Waals surface area contributed by atoms with E-state index < -0.39 is 0 Å². The van der Waals surface area contributed by atoms with Gasteiger partial charge in [0.2, 0.25) is 0 Å². The van der Waals surface area contributed by atoms with Gasteiger partial charge in [-0.1, -0.05) is 24.3 Å². The average Bonchev–Trinajstić information content (AvgIpc) is 3.27. The zero-order chi connectivity index (χ0) is 14.1. The third-order valence-electron chi connectivity index (χ3n) is 3.94. The Morgan fingerprint density at radius 3 is 2.50 bits per heavy atom. The van der Waals surface area contributed by atoms with Gasteiger partial charge in [-0.25, -0.2) is 0 Å². The predicted octanol–water partition coefficient (Wildman–Crippen LogP) is 3.42. The fourth-order valence-electron chi connectivity index (χ4n) is 2.54. The highest BCUT2D eigenvalue weighted by atomic mass is 16.3. The number of hydrogen-bond acceptors (Lipinski definition) is 2. The van der Waals surface area contributed by atoms with Gasteiger partial charge in [-0.15, -0.1) is 0 Å². The number of phenolic OH excluding ortho intramolecular Hbond substituents is 1. The molecule has 1 amide bonds. The second-order valence-electron chi connectivity index (χ2n) is 5.50. The maximum absolute atomic E-state index is 12.6. The van der Waals surface area contributed by atoms with E-state index >= 15 is 0 Å². The Hall–Kier alpha value is -2.03. The largest absolute Gasteiger partial charge is 0.507 e. The molecule has 0 atom stereocenters. The standard InChI is InChI=1S/C17H19NO2/c1-2-18(11-12-7-8-12)17(20)15-9-13-5-3-4-6-14(13)10-16(15)19/h3-6,9-10,12,19H,2,7-8,11H2,1H3. The number of rotatable bonds is 4. The Labute approximate surface area is 118 Å². The molecule has 0 unspecified atom stereocenters. The van der Waals surface area contributed by atoms with Crippen molar-refractivity contribution in [3.05, 3.63) is 42.0 Å². The number of phenols is 1. The zero-order valence-electron chi connectivity index (χ0n) is 11.7. The molecule has 0 radical (unpaired) electrons. The average molecular weight is 269 g/mol. The first kappa shape index (κ1) is 13.0. The summed E-state index contributed by atoms with van der Waals surface area (Å²) in [5.41, 5.74) is 0.409. The molecule has 2 aromatic carbocycles. The summed E-state index contributed by atoms with van der Waals surface area (Å²) in [6.07, 6.45) is 2.43. The van der Waals surface area contributed by atoms with Gasteiger partial charge in [0.05, 0.1) is 5.56 Å². The van der Waals surface area contributed by atoms with Crippen molar-refractivity contribution in [1.29, 1.82) is 0 Å². The first-order chi connectivity index (χ1) is 9.69. The van der Waals surface area contributed by atoms with Crippen molar-refractivity contribution in [3.8, 4) is 5.75 Å². The number of nitrogens with zero attached hydrogens (tertiary/aromatic N) is 1. The van der Waals surface area contributed by atoms with Crippen LogP contribution in [0, 0.1) is 5.92 Å². The van der Waals surface area contributed by atoms with E-state index in [-0.39, 0.29) is 11.7 Å². The molecule has 0 heterocycles. The van der Waals surface area contributed by atoms with E-state index in [0.717, 1.165) is 17.3 Å². The number of carbonyl (C=O) groups is 1. The van der Waals surface area contributed by atoms with E-state index in [1.54, 1.807) is 12.1 Å². The molecule has 0 saturated heterocycles. The lowest BCUT2D eigenvalue weighted by Gasteiger charge is -2.21. The van der Waals surface area contributed by atoms with Crippen molar-refractivity contribution in [2.75, 3.05) is 13.1 Å². The summed E-state index contributed by atoms with van der Waals surface area (Å²) >= 11 is 0. The van der Waals surface area contributed by atoms with Crippen molar-refractivity contribution < 1.29 is 9.90 Å². The summed E-state index contributed by atoms with van der Waals surface area (Å²) in [7, 11) is 0. The molecule has 3 heteroatoms. The Bertz CT molecular complexity index is 646. The normalized spacial score (nSPS) is 14.4. The lowest BCUT2D eigenvalue weighted by molar-refractivity contribution is 0.0754. The molecular weight excluding hydrogens is 250 g/mol. The van der Waals surface area contributed by atoms with Gasteiger partial charge in [-0.2, -0.15) is 0 Å². The third kappa shape index (κ3) is 2.48. The van der Waals surface area contributed by atoms with Crippen LogP contribution in [-0.2, 0) is 0 Å². The molecule has 3 rings (SSSR count). The van der Waals surface area contributed by atoms with Crippen LogP contribution in [0.2, 0.25) is 0 Å². The van der Waals surface area contributed by atoms with E-state index in [2.05, 4.69) is 0 Å². The molecule has 20 heavy (non-hydrogen) atoms. The van der Waals surface area contributed by atoms with Gasteiger partial charge in [-0.05, 0) is 48.6 Å². The van der Waals surface area contributed by atoms with Crippen LogP contribution >= 0.6 is 0 Å². The summed E-state index contributed by atoms with van der Waals surface area (Å²) in [6.45, 7) is 3.47. The summed E-state index contributed by atoms with van der Waals surface area (Å²) in [5, 5.41) is 12.1. The molecule has 1 aliphatic rings. The quantitative estimate of drug-likeness (QED) is 0.924. The lowest BCUT2D eigenvalue weighted by Crippen LogP contribution is -2.32. The Kier molecular flexibility index (Phi) is 3.35. The smallest absolute Gasteiger partial charge is 0.257 e. The van der Waals surface area contributed by atoms with E-state index in [0.29, 0.717) is 18.0 Å².